The van der Waals surface area contributed by atoms with Gasteiger partial charge in [0.15, 0.2) is 0 Å². The van der Waals surface area contributed by atoms with Crippen LogP contribution in [-0.2, 0) is 0 Å². The number of benzene rings is 1. The summed E-state index contributed by atoms with van der Waals surface area (Å²) >= 11 is 5.80. The van der Waals surface area contributed by atoms with Gasteiger partial charge in [0.25, 0.3) is 0 Å². The van der Waals surface area contributed by atoms with Crippen LogP contribution in [-0.4, -0.2) is 6.54 Å². The van der Waals surface area contributed by atoms with Gasteiger partial charge in [0.2, 0.25) is 0 Å². The molecule has 2 nitrogen and oxygen atoms in total. The molecule has 0 fully saturated rings. The molecule has 0 heterocycles. The Hall–Kier alpha value is -1.27. The van der Waals surface area contributed by atoms with Crippen molar-refractivity contribution in [3.8, 4) is 6.07 Å². The summed E-state index contributed by atoms with van der Waals surface area (Å²) < 4.78 is 13.0. The van der Waals surface area contributed by atoms with E-state index in [1.165, 1.54) is 12.1 Å². The third-order valence-electron chi connectivity index (χ3n) is 1.61. The van der Waals surface area contributed by atoms with Crippen LogP contribution < -0.4 is 5.32 Å². The Morgan fingerprint density at radius 2 is 2.31 bits per heavy atom. The average molecular weight is 199 g/mol. The first kappa shape index (κ1) is 9.82. The standard InChI is InChI=1S/C9H8ClFN2/c1-6-4-7(10)9(5-8(6)11)13-3-2-12/h4-5,13H,3H2,1H3. The van der Waals surface area contributed by atoms with Gasteiger partial charge in [-0.1, -0.05) is 11.6 Å². The molecule has 1 aromatic carbocycles. The maximum atomic E-state index is 13.0. The van der Waals surface area contributed by atoms with E-state index in [4.69, 9.17) is 16.9 Å². The van der Waals surface area contributed by atoms with Gasteiger partial charge in [-0.05, 0) is 24.6 Å². The Bertz CT molecular complexity index is 357. The zero-order chi connectivity index (χ0) is 9.84. The largest absolute Gasteiger partial charge is 0.371 e. The van der Waals surface area contributed by atoms with Gasteiger partial charge in [0.1, 0.15) is 12.4 Å². The van der Waals surface area contributed by atoms with Crippen molar-refractivity contribution in [2.45, 2.75) is 6.92 Å². The van der Waals surface area contributed by atoms with Crippen LogP contribution in [0.2, 0.25) is 5.02 Å². The minimum Gasteiger partial charge on any atom is -0.371 e. The second-order valence-corrected chi connectivity index (χ2v) is 3.00. The van der Waals surface area contributed by atoms with Crippen LogP contribution in [0.4, 0.5) is 10.1 Å². The number of nitriles is 1. The Balaban J connectivity index is 2.96. The van der Waals surface area contributed by atoms with Crippen molar-refractivity contribution in [3.05, 3.63) is 28.5 Å². The van der Waals surface area contributed by atoms with Crippen molar-refractivity contribution in [3.63, 3.8) is 0 Å². The molecule has 0 aliphatic rings. The van der Waals surface area contributed by atoms with Crippen molar-refractivity contribution in [2.24, 2.45) is 0 Å². The lowest BCUT2D eigenvalue weighted by atomic mass is 10.2. The number of hydrogen-bond acceptors (Lipinski definition) is 2. The highest BCUT2D eigenvalue weighted by Gasteiger charge is 2.04. The predicted octanol–water partition coefficient (Wildman–Crippen LogP) is 2.72. The van der Waals surface area contributed by atoms with E-state index in [2.05, 4.69) is 5.32 Å². The number of halogens is 2. The van der Waals surface area contributed by atoms with Gasteiger partial charge in [-0.3, -0.25) is 0 Å². The minimum absolute atomic E-state index is 0.113. The van der Waals surface area contributed by atoms with Crippen molar-refractivity contribution in [2.75, 3.05) is 11.9 Å². The highest BCUT2D eigenvalue weighted by atomic mass is 35.5. The smallest absolute Gasteiger partial charge is 0.128 e. The molecule has 4 heteroatoms. The number of rotatable bonds is 2. The Morgan fingerprint density at radius 3 is 2.92 bits per heavy atom. The highest BCUT2D eigenvalue weighted by molar-refractivity contribution is 6.33. The van der Waals surface area contributed by atoms with Crippen LogP contribution in [0.3, 0.4) is 0 Å². The molecule has 0 atom stereocenters. The summed E-state index contributed by atoms with van der Waals surface area (Å²) in [6, 6.07) is 4.70. The van der Waals surface area contributed by atoms with Crippen LogP contribution in [0.15, 0.2) is 12.1 Å². The Kier molecular flexibility index (Phi) is 3.10. The topological polar surface area (TPSA) is 35.8 Å². The first-order chi connectivity index (χ1) is 6.15. The highest BCUT2D eigenvalue weighted by Crippen LogP contribution is 2.24. The summed E-state index contributed by atoms with van der Waals surface area (Å²) in [5.41, 5.74) is 0.943. The fourth-order valence-electron chi connectivity index (χ4n) is 0.917. The van der Waals surface area contributed by atoms with Crippen LogP contribution in [0.25, 0.3) is 0 Å². The average Bonchev–Trinajstić information content (AvgIpc) is 2.09. The molecule has 0 unspecified atom stereocenters. The lowest BCUT2D eigenvalue weighted by molar-refractivity contribution is 0.619. The summed E-state index contributed by atoms with van der Waals surface area (Å²) in [5, 5.41) is 11.4. The number of nitrogens with zero attached hydrogens (tertiary/aromatic N) is 1. The molecule has 1 N–H and O–H groups in total. The lowest BCUT2D eigenvalue weighted by Gasteiger charge is -2.06. The molecule has 68 valence electrons. The summed E-state index contributed by atoms with van der Waals surface area (Å²) in [7, 11) is 0. The molecular weight excluding hydrogens is 191 g/mol. The molecule has 0 bridgehead atoms. The molecule has 1 rings (SSSR count). The van der Waals surface area contributed by atoms with Crippen molar-refractivity contribution in [1.29, 1.82) is 5.26 Å². The summed E-state index contributed by atoms with van der Waals surface area (Å²) in [5.74, 6) is -0.329. The summed E-state index contributed by atoms with van der Waals surface area (Å²) in [6.45, 7) is 1.75. The maximum Gasteiger partial charge on any atom is 0.128 e. The predicted molar refractivity (Wildman–Crippen MR) is 50.2 cm³/mol. The SMILES string of the molecule is Cc1cc(Cl)c(NCC#N)cc1F. The third kappa shape index (κ3) is 2.33. The van der Waals surface area contributed by atoms with Gasteiger partial charge in [0.05, 0.1) is 16.8 Å². The number of hydrogen-bond donors (Lipinski definition) is 1. The van der Waals surface area contributed by atoms with E-state index in [9.17, 15) is 4.39 Å². The third-order valence-corrected chi connectivity index (χ3v) is 1.92. The molecule has 0 radical (unpaired) electrons. The van der Waals surface area contributed by atoms with Gasteiger partial charge < -0.3 is 5.32 Å². The molecule has 0 aliphatic heterocycles. The van der Waals surface area contributed by atoms with E-state index in [1.54, 1.807) is 6.92 Å². The maximum absolute atomic E-state index is 13.0. The van der Waals surface area contributed by atoms with Gasteiger partial charge >= 0.3 is 0 Å². The van der Waals surface area contributed by atoms with Gasteiger partial charge in [-0.2, -0.15) is 5.26 Å². The minimum atomic E-state index is -0.329. The van der Waals surface area contributed by atoms with E-state index in [0.29, 0.717) is 16.3 Å². The second-order valence-electron chi connectivity index (χ2n) is 2.59. The fraction of sp³-hybridized carbons (Fsp3) is 0.222. The lowest BCUT2D eigenvalue weighted by Crippen LogP contribution is -2.00. The zero-order valence-electron chi connectivity index (χ0n) is 7.06. The number of nitrogens with one attached hydrogen (secondary N) is 1. The van der Waals surface area contributed by atoms with E-state index in [0.717, 1.165) is 0 Å². The van der Waals surface area contributed by atoms with Crippen LogP contribution >= 0.6 is 11.6 Å². The van der Waals surface area contributed by atoms with E-state index in [1.807, 2.05) is 6.07 Å². The quantitative estimate of drug-likeness (QED) is 0.742. The Morgan fingerprint density at radius 1 is 1.62 bits per heavy atom. The molecule has 0 saturated carbocycles. The zero-order valence-corrected chi connectivity index (χ0v) is 7.82. The normalized spacial score (nSPS) is 9.38. The van der Waals surface area contributed by atoms with Crippen molar-refractivity contribution < 1.29 is 4.39 Å². The molecular formula is C9H8ClFN2. The first-order valence-electron chi connectivity index (χ1n) is 3.71. The van der Waals surface area contributed by atoms with Crippen molar-refractivity contribution >= 4 is 17.3 Å². The van der Waals surface area contributed by atoms with Crippen LogP contribution in [0, 0.1) is 24.1 Å². The number of anilines is 1. The monoisotopic (exact) mass is 198 g/mol. The van der Waals surface area contributed by atoms with Gasteiger partial charge in [-0.25, -0.2) is 4.39 Å². The van der Waals surface area contributed by atoms with E-state index >= 15 is 0 Å². The van der Waals surface area contributed by atoms with Crippen molar-refractivity contribution in [1.82, 2.24) is 0 Å². The molecule has 0 aliphatic carbocycles. The summed E-state index contributed by atoms with van der Waals surface area (Å²) in [4.78, 5) is 0. The van der Waals surface area contributed by atoms with E-state index in [-0.39, 0.29) is 12.4 Å². The molecule has 13 heavy (non-hydrogen) atoms. The Labute approximate surface area is 80.9 Å². The summed E-state index contributed by atoms with van der Waals surface area (Å²) in [6.07, 6.45) is 0. The number of aryl methyl sites for hydroxylation is 1. The fourth-order valence-corrected chi connectivity index (χ4v) is 1.20. The van der Waals surface area contributed by atoms with Crippen LogP contribution in [0.5, 0.6) is 0 Å². The molecule has 0 saturated heterocycles. The van der Waals surface area contributed by atoms with Crippen LogP contribution in [0.1, 0.15) is 5.56 Å². The molecule has 0 spiro atoms. The van der Waals surface area contributed by atoms with E-state index < -0.39 is 0 Å². The second kappa shape index (κ2) is 4.11. The van der Waals surface area contributed by atoms with Gasteiger partial charge in [0, 0.05) is 0 Å². The molecule has 0 amide bonds. The molecule has 0 aromatic heterocycles. The molecule has 1 aromatic rings. The first-order valence-corrected chi connectivity index (χ1v) is 4.09. The van der Waals surface area contributed by atoms with Gasteiger partial charge in [-0.15, -0.1) is 0 Å².